The van der Waals surface area contributed by atoms with Gasteiger partial charge in [0.2, 0.25) is 0 Å². The molecule has 0 aliphatic heterocycles. The van der Waals surface area contributed by atoms with Gasteiger partial charge >= 0.3 is 0 Å². The monoisotopic (exact) mass is 2310 g/mol. The van der Waals surface area contributed by atoms with Crippen LogP contribution >= 0.6 is 11.3 Å². The summed E-state index contributed by atoms with van der Waals surface area (Å²) in [6, 6.07) is 122. The van der Waals surface area contributed by atoms with Gasteiger partial charge in [0, 0.05) is 173 Å². The van der Waals surface area contributed by atoms with Crippen LogP contribution in [0.5, 0.6) is 0 Å². The van der Waals surface area contributed by atoms with Crippen LogP contribution < -0.4 is 4.90 Å². The third-order valence-corrected chi connectivity index (χ3v) is 19.7. The van der Waals surface area contributed by atoms with E-state index in [9.17, 15) is 4.79 Å². The minimum atomic E-state index is -0.00149. The van der Waals surface area contributed by atoms with Crippen molar-refractivity contribution >= 4 is 34.2 Å². The zero-order valence-electron chi connectivity index (χ0n) is 64.3. The Labute approximate surface area is 762 Å². The van der Waals surface area contributed by atoms with E-state index in [2.05, 4.69) is 210 Å². The molecule has 0 spiro atoms. The number of ketones is 1. The van der Waals surface area contributed by atoms with Crippen molar-refractivity contribution in [2.75, 3.05) is 4.90 Å². The molecular formula is C98H66Ir4N18OS-4. The quantitative estimate of drug-likeness (QED) is 0.0578. The largest absolute Gasteiger partial charge is 0.311 e. The predicted octanol–water partition coefficient (Wildman–Crippen LogP) is 21.0. The molecule has 0 aliphatic rings. The zero-order chi connectivity index (χ0) is 79.4. The molecule has 0 bridgehead atoms. The maximum atomic E-state index is 12.6. The predicted molar refractivity (Wildman–Crippen MR) is 461 cm³/mol. The molecule has 0 saturated heterocycles. The van der Waals surface area contributed by atoms with Gasteiger partial charge in [-0.25, -0.2) is 18.7 Å². The molecule has 20 aromatic rings. The SMILES string of the molecule is O=C(c1ccccc1)c1ccc(-c2cn(-c3cc[c-]c(-c4ccccn4)c3)nn2)cc1.[Ir].[Ir].[Ir].[Ir].[c-]1ccc(-n2cc(-c3ccc(-c4cccs4)cc3)nn2)cc1-c1ccccn1.[c-]1ccc(-n2cc(-c3ccc(N(c4ccccc4)c4ccccc4)cc3)nn2)cc1-c1ccccn1.[c-]1ccc(-n2cc(-c3cccnc3)nn2)cc1-c1ccccn1. The van der Waals surface area contributed by atoms with Crippen LogP contribution in [0, 0.1) is 24.3 Å². The molecule has 0 atom stereocenters. The van der Waals surface area contributed by atoms with Crippen molar-refractivity contribution in [2.24, 2.45) is 0 Å². The van der Waals surface area contributed by atoms with Gasteiger partial charge in [0.25, 0.3) is 0 Å². The minimum absolute atomic E-state index is 0. The van der Waals surface area contributed by atoms with Crippen LogP contribution in [-0.2, 0) is 80.4 Å². The molecule has 4 radical (unpaired) electrons. The van der Waals surface area contributed by atoms with E-state index in [-0.39, 0.29) is 86.2 Å². The Morgan fingerprint density at radius 2 is 0.615 bits per heavy atom. The average molecular weight is 2310 g/mol. The van der Waals surface area contributed by atoms with Gasteiger partial charge in [-0.1, -0.05) is 203 Å². The number of hydrogen-bond acceptors (Lipinski definition) is 16. The maximum Gasteiger partial charge on any atom is 0.193 e. The molecule has 0 N–H and O–H groups in total. The number of thiophene rings is 1. The standard InChI is InChI=1S/C31H22N5.C26H17N4O.C23H15N4S.C18H12N5.4Ir/c1-3-11-26(12-4-1)36(27-13-5-2-6-14-27)28-19-17-24(18-20-28)31-23-35(34-33-31)29-15-9-10-25(22-29)30-16-7-8-21-32-30;31-26(20-7-2-1-3-8-20)21-14-12-19(13-15-21)25-18-30(29-28-25)23-10-6-9-22(17-23)24-11-4-5-16-27-24;1-2-13-24-21(7-1)19-5-3-6-20(15-19)27-16-22(25-26-27)17-9-11-18(12-10-17)23-8-4-14-28-23;1-2-10-20-17(8-1)14-5-3-7-16(11-14)23-13-18(21-22-23)15-6-4-9-19-12-15;;;;/h1-9,11-23H;1-8,10-18H;1-4,6-16H;1-4,6-13H;;;;/q4*-1;;;;. The molecule has 10 aromatic carbocycles. The fraction of sp³-hybridized carbons (Fsp3) is 0. The van der Waals surface area contributed by atoms with Gasteiger partial charge in [-0.15, -0.1) is 151 Å². The Kier molecular flexibility index (Phi) is 29.9. The second-order valence-corrected chi connectivity index (χ2v) is 27.5. The van der Waals surface area contributed by atoms with E-state index in [1.165, 1.54) is 10.4 Å². The van der Waals surface area contributed by atoms with E-state index in [0.717, 1.165) is 130 Å². The Bertz CT molecular complexity index is 6590. The van der Waals surface area contributed by atoms with Crippen LogP contribution in [0.2, 0.25) is 0 Å². The summed E-state index contributed by atoms with van der Waals surface area (Å²) in [7, 11) is 0. The fourth-order valence-corrected chi connectivity index (χ4v) is 13.6. The summed E-state index contributed by atoms with van der Waals surface area (Å²) in [6.07, 6.45) is 18.2. The van der Waals surface area contributed by atoms with Crippen molar-refractivity contribution in [3.63, 3.8) is 0 Å². The van der Waals surface area contributed by atoms with E-state index in [0.29, 0.717) is 11.1 Å². The van der Waals surface area contributed by atoms with Crippen LogP contribution in [0.25, 0.3) is 123 Å². The van der Waals surface area contributed by atoms with Crippen molar-refractivity contribution in [3.8, 4) is 123 Å². The summed E-state index contributed by atoms with van der Waals surface area (Å²) in [6.45, 7) is 0. The molecule has 20 rings (SSSR count). The van der Waals surface area contributed by atoms with Gasteiger partial charge in [0.05, 0.1) is 24.8 Å². The van der Waals surface area contributed by atoms with Crippen molar-refractivity contribution in [1.82, 2.24) is 84.9 Å². The van der Waals surface area contributed by atoms with Crippen LogP contribution in [0.1, 0.15) is 15.9 Å². The summed E-state index contributed by atoms with van der Waals surface area (Å²) in [5.41, 5.74) is 23.6. The van der Waals surface area contributed by atoms with Crippen molar-refractivity contribution in [3.05, 3.63) is 436 Å². The first-order chi connectivity index (χ1) is 58.4. The van der Waals surface area contributed by atoms with Gasteiger partial charge in [0.1, 0.15) is 22.8 Å². The normalized spacial score (nSPS) is 10.4. The molecule has 0 saturated carbocycles. The van der Waals surface area contributed by atoms with Crippen molar-refractivity contribution in [1.29, 1.82) is 0 Å². The topological polar surface area (TPSA) is 208 Å². The molecule has 10 aromatic heterocycles. The summed E-state index contributed by atoms with van der Waals surface area (Å²) >= 11 is 1.74. The minimum Gasteiger partial charge on any atom is -0.311 e. The molecular weight excluding hydrogens is 2250 g/mol. The third kappa shape index (κ3) is 21.3. The number of rotatable bonds is 18. The smallest absolute Gasteiger partial charge is 0.193 e. The summed E-state index contributed by atoms with van der Waals surface area (Å²) in [5.74, 6) is -0.00149. The maximum absolute atomic E-state index is 12.6. The molecule has 0 fully saturated rings. The van der Waals surface area contributed by atoms with E-state index < -0.39 is 0 Å². The molecule has 0 aliphatic carbocycles. The van der Waals surface area contributed by atoms with Crippen LogP contribution in [0.3, 0.4) is 0 Å². The number of nitrogens with zero attached hydrogens (tertiary/aromatic N) is 18. The van der Waals surface area contributed by atoms with Gasteiger partial charge in [-0.3, -0.25) is 9.78 Å². The summed E-state index contributed by atoms with van der Waals surface area (Å²) in [4.78, 5) is 37.7. The number of hydrogen-bond donors (Lipinski definition) is 0. The Morgan fingerprint density at radius 3 is 0.959 bits per heavy atom. The summed E-state index contributed by atoms with van der Waals surface area (Å²) in [5, 5.41) is 36.5. The number of benzene rings is 10. The number of carbonyl (C=O) groups excluding carboxylic acids is 1. The third-order valence-electron chi connectivity index (χ3n) is 18.8. The van der Waals surface area contributed by atoms with Crippen LogP contribution in [-0.4, -0.2) is 90.7 Å². The number of carbonyl (C=O) groups is 1. The molecule has 122 heavy (non-hydrogen) atoms. The first kappa shape index (κ1) is 86.1. The first-order valence-electron chi connectivity index (χ1n) is 37.6. The second-order valence-electron chi connectivity index (χ2n) is 26.5. The van der Waals surface area contributed by atoms with Gasteiger partial charge in [-0.2, -0.15) is 0 Å². The number of aromatic nitrogens is 17. The number of pyridine rings is 5. The molecule has 19 nitrogen and oxygen atoms in total. The van der Waals surface area contributed by atoms with Crippen LogP contribution in [0.15, 0.2) is 401 Å². The summed E-state index contributed by atoms with van der Waals surface area (Å²) < 4.78 is 7.02. The molecule has 600 valence electrons. The number of para-hydroxylation sites is 2. The van der Waals surface area contributed by atoms with Crippen LogP contribution in [0.4, 0.5) is 17.1 Å². The van der Waals surface area contributed by atoms with E-state index in [1.54, 1.807) is 67.2 Å². The Hall–Kier alpha value is -13.7. The Morgan fingerprint density at radius 1 is 0.287 bits per heavy atom. The van der Waals surface area contributed by atoms with Gasteiger partial charge in [0.15, 0.2) is 5.78 Å². The Balaban J connectivity index is 0.000000140. The van der Waals surface area contributed by atoms with Crippen molar-refractivity contribution in [2.45, 2.75) is 0 Å². The zero-order valence-corrected chi connectivity index (χ0v) is 74.7. The van der Waals surface area contributed by atoms with Gasteiger partial charge < -0.3 is 24.8 Å². The fourth-order valence-electron chi connectivity index (χ4n) is 12.9. The van der Waals surface area contributed by atoms with E-state index >= 15 is 0 Å². The van der Waals surface area contributed by atoms with Gasteiger partial charge in [-0.05, 0) is 135 Å². The average Bonchev–Trinajstić information content (AvgIpc) is 1.43. The molecule has 0 amide bonds. The second kappa shape index (κ2) is 42.3. The first-order valence-corrected chi connectivity index (χ1v) is 38.5. The molecule has 10 heterocycles. The van der Waals surface area contributed by atoms with Crippen molar-refractivity contribution < 1.29 is 85.2 Å². The molecule has 0 unspecified atom stereocenters. The van der Waals surface area contributed by atoms with E-state index in [1.807, 2.05) is 249 Å². The van der Waals surface area contributed by atoms with E-state index in [4.69, 9.17) is 0 Å². The number of anilines is 3. The molecule has 24 heteroatoms.